The number of hydrogen-bond donors (Lipinski definition) is 3. The van der Waals surface area contributed by atoms with Crippen molar-refractivity contribution in [1.82, 2.24) is 9.36 Å². The second-order valence-corrected chi connectivity index (χ2v) is 5.03. The van der Waals surface area contributed by atoms with E-state index in [1.807, 2.05) is 49.0 Å². The molecule has 0 saturated heterocycles. The number of anilines is 1. The molecule has 0 saturated carbocycles. The minimum atomic E-state index is -4.67. The van der Waals surface area contributed by atoms with Gasteiger partial charge in [-0.3, -0.25) is 18.6 Å². The van der Waals surface area contributed by atoms with E-state index in [0.29, 0.717) is 5.69 Å². The van der Waals surface area contributed by atoms with Crippen LogP contribution in [-0.2, 0) is 17.4 Å². The number of para-hydroxylation sites is 1. The molecule has 0 aliphatic rings. The molecule has 0 amide bonds. The summed E-state index contributed by atoms with van der Waals surface area (Å²) in [6.07, 6.45) is 0. The Kier molecular flexibility index (Phi) is 5.30. The van der Waals surface area contributed by atoms with Crippen molar-refractivity contribution in [1.29, 1.82) is 0 Å². The molecular weight excluding hydrogens is 298 g/mol. The Labute approximate surface area is 122 Å². The summed E-state index contributed by atoms with van der Waals surface area (Å²) in [5.74, 6) is 0. The molecule has 8 nitrogen and oxygen atoms in total. The highest BCUT2D eigenvalue weighted by Crippen LogP contribution is 2.12. The molecule has 1 aromatic heterocycles. The van der Waals surface area contributed by atoms with Gasteiger partial charge in [0.25, 0.3) is 5.56 Å². The Morgan fingerprint density at radius 1 is 1.14 bits per heavy atom. The van der Waals surface area contributed by atoms with E-state index in [4.69, 9.17) is 17.5 Å². The lowest BCUT2D eigenvalue weighted by Crippen LogP contribution is -2.20. The van der Waals surface area contributed by atoms with Crippen LogP contribution in [0.5, 0.6) is 0 Å². The molecule has 21 heavy (non-hydrogen) atoms. The molecule has 0 fully saturated rings. The first-order chi connectivity index (χ1) is 9.66. The van der Waals surface area contributed by atoms with Crippen LogP contribution in [0.4, 0.5) is 5.69 Å². The van der Waals surface area contributed by atoms with Crippen LogP contribution in [0, 0.1) is 6.92 Å². The molecule has 0 spiro atoms. The van der Waals surface area contributed by atoms with Gasteiger partial charge < -0.3 is 5.32 Å². The van der Waals surface area contributed by atoms with Gasteiger partial charge in [-0.2, -0.15) is 8.42 Å². The van der Waals surface area contributed by atoms with Crippen LogP contribution < -0.4 is 10.9 Å². The summed E-state index contributed by atoms with van der Waals surface area (Å²) in [4.78, 5) is 12.1. The molecule has 2 rings (SSSR count). The molecule has 0 radical (unpaired) electrons. The molecule has 9 heteroatoms. The zero-order valence-corrected chi connectivity index (χ0v) is 12.6. The summed E-state index contributed by atoms with van der Waals surface area (Å²) < 4.78 is 35.1. The van der Waals surface area contributed by atoms with Crippen LogP contribution in [0.2, 0.25) is 0 Å². The summed E-state index contributed by atoms with van der Waals surface area (Å²) in [5, 5.41) is 2.94. The van der Waals surface area contributed by atoms with Crippen LogP contribution in [0.3, 0.4) is 0 Å². The van der Waals surface area contributed by atoms with E-state index in [-0.39, 0.29) is 5.56 Å². The normalized spacial score (nSPS) is 10.7. The number of nitrogens with one attached hydrogen (secondary N) is 1. The van der Waals surface area contributed by atoms with Gasteiger partial charge in [-0.1, -0.05) is 18.2 Å². The van der Waals surface area contributed by atoms with Crippen LogP contribution >= 0.6 is 0 Å². The molecule has 1 aromatic carbocycles. The van der Waals surface area contributed by atoms with Crippen LogP contribution in [0.1, 0.15) is 5.69 Å². The highest BCUT2D eigenvalue weighted by atomic mass is 32.3. The number of benzene rings is 1. The van der Waals surface area contributed by atoms with Crippen molar-refractivity contribution >= 4 is 16.1 Å². The zero-order valence-electron chi connectivity index (χ0n) is 11.8. The first kappa shape index (κ1) is 17.0. The third kappa shape index (κ3) is 4.45. The monoisotopic (exact) mass is 315 g/mol. The Morgan fingerprint density at radius 2 is 1.62 bits per heavy atom. The highest BCUT2D eigenvalue weighted by Gasteiger charge is 2.13. The lowest BCUT2D eigenvalue weighted by atomic mass is 10.3. The van der Waals surface area contributed by atoms with Crippen molar-refractivity contribution in [2.75, 3.05) is 12.4 Å². The fourth-order valence-electron chi connectivity index (χ4n) is 1.86. The third-order valence-electron chi connectivity index (χ3n) is 2.80. The topological polar surface area (TPSA) is 114 Å². The summed E-state index contributed by atoms with van der Waals surface area (Å²) in [7, 11) is -1.02. The standard InChI is InChI=1S/C12H15N3O.H2O4S/c1-9-11(13-2)12(16)15(14(9)3)10-7-5-4-6-8-10;1-5(2,3)4/h4-8,13H,1-3H3;(H2,1,2,3,4). The second-order valence-electron chi connectivity index (χ2n) is 4.13. The van der Waals surface area contributed by atoms with E-state index in [9.17, 15) is 4.79 Å². The van der Waals surface area contributed by atoms with E-state index in [1.54, 1.807) is 11.7 Å². The third-order valence-corrected chi connectivity index (χ3v) is 2.80. The average Bonchev–Trinajstić information content (AvgIpc) is 2.59. The number of hydrogen-bond acceptors (Lipinski definition) is 4. The van der Waals surface area contributed by atoms with E-state index in [0.717, 1.165) is 11.4 Å². The molecule has 0 unspecified atom stereocenters. The van der Waals surface area contributed by atoms with Crippen molar-refractivity contribution in [2.45, 2.75) is 6.92 Å². The quantitative estimate of drug-likeness (QED) is 0.709. The van der Waals surface area contributed by atoms with Crippen LogP contribution in [0.25, 0.3) is 5.69 Å². The van der Waals surface area contributed by atoms with E-state index < -0.39 is 10.4 Å². The second kappa shape index (κ2) is 6.57. The Hall–Kier alpha value is -2.10. The first-order valence-electron chi connectivity index (χ1n) is 5.88. The van der Waals surface area contributed by atoms with Gasteiger partial charge in [-0.15, -0.1) is 0 Å². The van der Waals surface area contributed by atoms with Gasteiger partial charge in [0, 0.05) is 14.1 Å². The summed E-state index contributed by atoms with van der Waals surface area (Å²) >= 11 is 0. The van der Waals surface area contributed by atoms with Gasteiger partial charge >= 0.3 is 10.4 Å². The zero-order chi connectivity index (χ0) is 16.2. The maximum absolute atomic E-state index is 12.1. The first-order valence-corrected chi connectivity index (χ1v) is 7.28. The minimum absolute atomic E-state index is 0.0197. The fourth-order valence-corrected chi connectivity index (χ4v) is 1.86. The molecule has 3 N–H and O–H groups in total. The fraction of sp³-hybridized carbons (Fsp3) is 0.250. The molecule has 0 aliphatic heterocycles. The van der Waals surface area contributed by atoms with E-state index in [2.05, 4.69) is 5.32 Å². The van der Waals surface area contributed by atoms with Crippen molar-refractivity contribution < 1.29 is 17.5 Å². The largest absolute Gasteiger partial charge is 0.394 e. The predicted molar refractivity (Wildman–Crippen MR) is 79.5 cm³/mol. The van der Waals surface area contributed by atoms with Crippen LogP contribution in [0.15, 0.2) is 35.1 Å². The smallest absolute Gasteiger partial charge is 0.382 e. The maximum Gasteiger partial charge on any atom is 0.394 e. The van der Waals surface area contributed by atoms with E-state index >= 15 is 0 Å². The van der Waals surface area contributed by atoms with Gasteiger partial charge in [0.05, 0.1) is 11.4 Å². The average molecular weight is 315 g/mol. The van der Waals surface area contributed by atoms with Crippen molar-refractivity contribution in [2.24, 2.45) is 7.05 Å². The predicted octanol–water partition coefficient (Wildman–Crippen LogP) is 0.873. The maximum atomic E-state index is 12.1. The molecule has 0 aliphatic carbocycles. The SMILES string of the molecule is CNc1c(C)n(C)n(-c2ccccc2)c1=O.O=S(=O)(O)O. The summed E-state index contributed by atoms with van der Waals surface area (Å²) in [6.45, 7) is 1.92. The van der Waals surface area contributed by atoms with Gasteiger partial charge in [0.1, 0.15) is 5.69 Å². The van der Waals surface area contributed by atoms with Gasteiger partial charge in [-0.25, -0.2) is 4.68 Å². The Bertz CT molecular complexity index is 754. The molecule has 2 aromatic rings. The lowest BCUT2D eigenvalue weighted by molar-refractivity contribution is 0.381. The molecule has 1 heterocycles. The highest BCUT2D eigenvalue weighted by molar-refractivity contribution is 7.79. The Morgan fingerprint density at radius 3 is 2.00 bits per heavy atom. The Balaban J connectivity index is 0.000000383. The molecule has 0 atom stereocenters. The number of rotatable bonds is 2. The van der Waals surface area contributed by atoms with Gasteiger partial charge in [0.15, 0.2) is 0 Å². The van der Waals surface area contributed by atoms with Crippen molar-refractivity contribution in [3.63, 3.8) is 0 Å². The van der Waals surface area contributed by atoms with E-state index in [1.165, 1.54) is 0 Å². The summed E-state index contributed by atoms with van der Waals surface area (Å²) in [5.41, 5.74) is 2.43. The van der Waals surface area contributed by atoms with Gasteiger partial charge in [0.2, 0.25) is 0 Å². The molecular formula is C12H17N3O5S. The van der Waals surface area contributed by atoms with Crippen molar-refractivity contribution in [3.8, 4) is 5.69 Å². The van der Waals surface area contributed by atoms with Crippen LogP contribution in [-0.4, -0.2) is 33.9 Å². The molecule has 116 valence electrons. The lowest BCUT2D eigenvalue weighted by Gasteiger charge is -2.07. The van der Waals surface area contributed by atoms with Gasteiger partial charge in [-0.05, 0) is 19.1 Å². The number of aromatic nitrogens is 2. The summed E-state index contributed by atoms with van der Waals surface area (Å²) in [6, 6.07) is 9.61. The minimum Gasteiger partial charge on any atom is -0.382 e. The van der Waals surface area contributed by atoms with Crippen molar-refractivity contribution in [3.05, 3.63) is 46.4 Å². The number of nitrogens with zero attached hydrogens (tertiary/aromatic N) is 2. The molecule has 0 bridgehead atoms.